The fraction of sp³-hybridized carbons (Fsp3) is 0.182. The number of rotatable bonds is 3. The Morgan fingerprint density at radius 2 is 1.74 bits per heavy atom. The van der Waals surface area contributed by atoms with Gasteiger partial charge >= 0.3 is 0 Å². The highest BCUT2D eigenvalue weighted by Crippen LogP contribution is 2.22. The maximum Gasteiger partial charge on any atom is 0.261 e. The van der Waals surface area contributed by atoms with Crippen LogP contribution in [0.1, 0.15) is 22.4 Å². The van der Waals surface area contributed by atoms with Crippen LogP contribution in [0.3, 0.4) is 0 Å². The quantitative estimate of drug-likeness (QED) is 0.614. The molecule has 0 saturated carbocycles. The van der Waals surface area contributed by atoms with Crippen LogP contribution >= 0.6 is 0 Å². The summed E-state index contributed by atoms with van der Waals surface area (Å²) in [5.74, 6) is 0. The van der Waals surface area contributed by atoms with Crippen LogP contribution in [-0.2, 0) is 19.4 Å². The first kappa shape index (κ1) is 16.0. The van der Waals surface area contributed by atoms with Gasteiger partial charge in [0.1, 0.15) is 5.65 Å². The number of nitrogens with zero attached hydrogens (tertiary/aromatic N) is 3. The number of fused-ring (bicyclic) bond motifs is 3. The second-order valence-corrected chi connectivity index (χ2v) is 6.90. The number of para-hydroxylation sites is 1. The molecule has 2 aromatic carbocycles. The van der Waals surface area contributed by atoms with E-state index in [1.54, 1.807) is 0 Å². The predicted octanol–water partition coefficient (Wildman–Crippen LogP) is 2.72. The van der Waals surface area contributed by atoms with E-state index < -0.39 is 0 Å². The molecule has 134 valence electrons. The van der Waals surface area contributed by atoms with Gasteiger partial charge in [0.05, 0.1) is 17.6 Å². The van der Waals surface area contributed by atoms with Gasteiger partial charge in [-0.2, -0.15) is 5.10 Å². The number of aromatic nitrogens is 3. The van der Waals surface area contributed by atoms with Gasteiger partial charge in [0.2, 0.25) is 0 Å². The lowest BCUT2D eigenvalue weighted by Gasteiger charge is -2.21. The van der Waals surface area contributed by atoms with E-state index in [1.807, 2.05) is 63.8 Å². The van der Waals surface area contributed by atoms with E-state index in [0.717, 1.165) is 47.5 Å². The SMILES string of the molecule is O=c1c2c(n3ncc(Cc4ccccc4)c3n1-c1ccccc1)CNCC2. The Morgan fingerprint density at radius 1 is 1.00 bits per heavy atom. The molecule has 0 unspecified atom stereocenters. The highest BCUT2D eigenvalue weighted by molar-refractivity contribution is 5.57. The number of nitrogens with one attached hydrogen (secondary N) is 1. The van der Waals surface area contributed by atoms with Crippen LogP contribution in [0.5, 0.6) is 0 Å². The van der Waals surface area contributed by atoms with Crippen LogP contribution in [0, 0.1) is 0 Å². The maximum absolute atomic E-state index is 13.4. The van der Waals surface area contributed by atoms with Crippen molar-refractivity contribution in [1.82, 2.24) is 19.5 Å². The first-order valence-electron chi connectivity index (χ1n) is 9.26. The Kier molecular flexibility index (Phi) is 3.87. The van der Waals surface area contributed by atoms with E-state index >= 15 is 0 Å². The van der Waals surface area contributed by atoms with E-state index in [0.29, 0.717) is 6.54 Å². The zero-order valence-electron chi connectivity index (χ0n) is 14.9. The highest BCUT2D eigenvalue weighted by Gasteiger charge is 2.23. The van der Waals surface area contributed by atoms with Crippen molar-refractivity contribution in [3.05, 3.63) is 99.6 Å². The third-order valence-corrected chi connectivity index (χ3v) is 5.19. The van der Waals surface area contributed by atoms with Gasteiger partial charge in [-0.25, -0.2) is 4.52 Å². The van der Waals surface area contributed by atoms with Crippen molar-refractivity contribution in [3.8, 4) is 5.69 Å². The summed E-state index contributed by atoms with van der Waals surface area (Å²) in [6.45, 7) is 1.49. The Bertz CT molecular complexity index is 1160. The molecule has 5 rings (SSSR count). The van der Waals surface area contributed by atoms with Crippen molar-refractivity contribution < 1.29 is 0 Å². The average molecular weight is 356 g/mol. The number of hydrogen-bond acceptors (Lipinski definition) is 3. The second-order valence-electron chi connectivity index (χ2n) is 6.90. The molecule has 0 aliphatic carbocycles. The molecule has 0 spiro atoms. The molecule has 0 bridgehead atoms. The maximum atomic E-state index is 13.4. The number of hydrogen-bond donors (Lipinski definition) is 1. The van der Waals surface area contributed by atoms with E-state index in [4.69, 9.17) is 0 Å². The molecule has 27 heavy (non-hydrogen) atoms. The van der Waals surface area contributed by atoms with E-state index in [1.165, 1.54) is 5.56 Å². The summed E-state index contributed by atoms with van der Waals surface area (Å²) in [6, 6.07) is 20.2. The van der Waals surface area contributed by atoms with Crippen molar-refractivity contribution in [2.45, 2.75) is 19.4 Å². The lowest BCUT2D eigenvalue weighted by molar-refractivity contribution is 0.595. The molecule has 1 aliphatic rings. The molecule has 2 aromatic heterocycles. The summed E-state index contributed by atoms with van der Waals surface area (Å²) in [6.07, 6.45) is 3.36. The standard InChI is InChI=1S/C22H20N4O/c27-22-19-11-12-23-15-20(19)26-21(25(22)18-9-5-2-6-10-18)17(14-24-26)13-16-7-3-1-4-8-16/h1-10,14,23H,11-13,15H2. The molecular formula is C22H20N4O. The van der Waals surface area contributed by atoms with E-state index in [2.05, 4.69) is 22.5 Å². The Balaban J connectivity index is 1.81. The second kappa shape index (κ2) is 6.52. The van der Waals surface area contributed by atoms with Crippen LogP contribution in [0.25, 0.3) is 11.3 Å². The summed E-state index contributed by atoms with van der Waals surface area (Å²) in [7, 11) is 0. The summed E-state index contributed by atoms with van der Waals surface area (Å²) >= 11 is 0. The van der Waals surface area contributed by atoms with Gasteiger partial charge in [-0.1, -0.05) is 48.5 Å². The number of benzene rings is 2. The first-order chi connectivity index (χ1) is 13.3. The zero-order chi connectivity index (χ0) is 18.2. The molecule has 4 aromatic rings. The van der Waals surface area contributed by atoms with E-state index in [9.17, 15) is 4.79 Å². The lowest BCUT2D eigenvalue weighted by Crippen LogP contribution is -2.35. The molecule has 3 heterocycles. The van der Waals surface area contributed by atoms with Gasteiger partial charge in [0, 0.05) is 24.1 Å². The van der Waals surface area contributed by atoms with Crippen molar-refractivity contribution in [1.29, 1.82) is 0 Å². The summed E-state index contributed by atoms with van der Waals surface area (Å²) in [5, 5.41) is 8.04. The minimum atomic E-state index is 0.0695. The Labute approximate surface area is 156 Å². The molecular weight excluding hydrogens is 336 g/mol. The minimum absolute atomic E-state index is 0.0695. The topological polar surface area (TPSA) is 51.3 Å². The Morgan fingerprint density at radius 3 is 2.52 bits per heavy atom. The largest absolute Gasteiger partial charge is 0.311 e. The summed E-state index contributed by atoms with van der Waals surface area (Å²) in [5.41, 5.74) is 5.90. The predicted molar refractivity (Wildman–Crippen MR) is 105 cm³/mol. The van der Waals surface area contributed by atoms with Crippen molar-refractivity contribution in [2.24, 2.45) is 0 Å². The highest BCUT2D eigenvalue weighted by atomic mass is 16.1. The van der Waals surface area contributed by atoms with Crippen molar-refractivity contribution >= 4 is 5.65 Å². The monoisotopic (exact) mass is 356 g/mol. The van der Waals surface area contributed by atoms with Gasteiger partial charge in [0.25, 0.3) is 5.56 Å². The summed E-state index contributed by atoms with van der Waals surface area (Å²) < 4.78 is 3.78. The van der Waals surface area contributed by atoms with Gasteiger partial charge in [-0.05, 0) is 30.7 Å². The molecule has 1 aliphatic heterocycles. The molecule has 0 amide bonds. The molecule has 5 heteroatoms. The van der Waals surface area contributed by atoms with Crippen LogP contribution < -0.4 is 10.9 Å². The smallest absolute Gasteiger partial charge is 0.261 e. The average Bonchev–Trinajstić information content (AvgIpc) is 3.13. The van der Waals surface area contributed by atoms with Crippen LogP contribution in [0.15, 0.2) is 71.7 Å². The molecule has 0 radical (unpaired) electrons. The molecule has 0 atom stereocenters. The molecule has 5 nitrogen and oxygen atoms in total. The zero-order valence-corrected chi connectivity index (χ0v) is 14.9. The van der Waals surface area contributed by atoms with Gasteiger partial charge < -0.3 is 5.32 Å². The van der Waals surface area contributed by atoms with E-state index in [-0.39, 0.29) is 5.56 Å². The normalized spacial score (nSPS) is 13.6. The summed E-state index contributed by atoms with van der Waals surface area (Å²) in [4.78, 5) is 13.4. The molecule has 0 saturated heterocycles. The van der Waals surface area contributed by atoms with Crippen LogP contribution in [-0.4, -0.2) is 20.7 Å². The first-order valence-corrected chi connectivity index (χ1v) is 9.26. The Hall–Kier alpha value is -3.18. The van der Waals surface area contributed by atoms with Crippen molar-refractivity contribution in [3.63, 3.8) is 0 Å². The minimum Gasteiger partial charge on any atom is -0.311 e. The van der Waals surface area contributed by atoms with Gasteiger partial charge in [-0.15, -0.1) is 0 Å². The third kappa shape index (κ3) is 2.67. The van der Waals surface area contributed by atoms with Gasteiger partial charge in [-0.3, -0.25) is 9.36 Å². The third-order valence-electron chi connectivity index (χ3n) is 5.19. The van der Waals surface area contributed by atoms with Crippen molar-refractivity contribution in [2.75, 3.05) is 6.54 Å². The molecule has 1 N–H and O–H groups in total. The van der Waals surface area contributed by atoms with Gasteiger partial charge in [0.15, 0.2) is 0 Å². The fourth-order valence-electron chi connectivity index (χ4n) is 3.90. The lowest BCUT2D eigenvalue weighted by atomic mass is 10.1. The molecule has 0 fully saturated rings. The van der Waals surface area contributed by atoms with Crippen LogP contribution in [0.4, 0.5) is 0 Å². The van der Waals surface area contributed by atoms with Crippen LogP contribution in [0.2, 0.25) is 0 Å². The fourth-order valence-corrected chi connectivity index (χ4v) is 3.90.